The van der Waals surface area contributed by atoms with E-state index in [9.17, 15) is 24.3 Å². The Kier molecular flexibility index (Phi) is 23.0. The zero-order valence-electron chi connectivity index (χ0n) is 60.6. The fourth-order valence-corrected chi connectivity index (χ4v) is 13.7. The number of nitrogens with one attached hydrogen (secondary N) is 5. The molecule has 5 aliphatic rings. The number of nitrogens with zero attached hydrogens (tertiary/aromatic N) is 21. The summed E-state index contributed by atoms with van der Waals surface area (Å²) >= 11 is 31.7. The van der Waals surface area contributed by atoms with Crippen LogP contribution in [0.4, 0.5) is 0 Å². The molecule has 20 rings (SSSR count). The van der Waals surface area contributed by atoms with Gasteiger partial charge < -0.3 is 9.84 Å². The molecule has 116 heavy (non-hydrogen) atoms. The van der Waals surface area contributed by atoms with Crippen LogP contribution in [0.5, 0.6) is 0 Å². The minimum absolute atomic E-state index is 0.0461. The number of ketones is 2. The predicted molar refractivity (Wildman–Crippen MR) is 420 cm³/mol. The van der Waals surface area contributed by atoms with Gasteiger partial charge in [-0.2, -0.15) is 15.6 Å². The number of hydrogen-bond acceptors (Lipinski definition) is 29. The van der Waals surface area contributed by atoms with E-state index in [0.717, 1.165) is 101 Å². The monoisotopic (exact) mass is 1650 g/mol. The van der Waals surface area contributed by atoms with Crippen molar-refractivity contribution in [3.8, 4) is 114 Å². The second-order valence-electron chi connectivity index (χ2n) is 27.4. The third kappa shape index (κ3) is 18.9. The fourth-order valence-electron chi connectivity index (χ4n) is 12.2. The number of benzene rings is 5. The second-order valence-corrected chi connectivity index (χ2v) is 29.5. The van der Waals surface area contributed by atoms with Crippen LogP contribution in [0.1, 0.15) is 127 Å². The molecule has 582 valence electrons. The van der Waals surface area contributed by atoms with Crippen molar-refractivity contribution in [2.75, 3.05) is 0 Å². The van der Waals surface area contributed by atoms with E-state index >= 15 is 0 Å². The number of halogens is 5. The summed E-state index contributed by atoms with van der Waals surface area (Å²) in [7, 11) is 0. The van der Waals surface area contributed by atoms with Gasteiger partial charge in [0.25, 0.3) is 0 Å². The van der Waals surface area contributed by atoms with Gasteiger partial charge in [0.1, 0.15) is 60.1 Å². The minimum Gasteiger partial charge on any atom is -0.388 e. The van der Waals surface area contributed by atoms with Crippen LogP contribution in [-0.4, -0.2) is 155 Å². The number of Topliss-reactive ketones (excluding diaryl/α,β-unsaturated/α-hetero) is 2. The summed E-state index contributed by atoms with van der Waals surface area (Å²) in [6.07, 6.45) is 17.5. The highest BCUT2D eigenvalue weighted by atomic mass is 35.5. The van der Waals surface area contributed by atoms with Crippen molar-refractivity contribution < 1.29 is 28.5 Å². The van der Waals surface area contributed by atoms with E-state index in [-0.39, 0.29) is 41.2 Å². The van der Waals surface area contributed by atoms with E-state index in [1.54, 1.807) is 54.6 Å². The molecule has 2 atom stereocenters. The number of carbonyl (C=O) groups is 2. The van der Waals surface area contributed by atoms with Crippen molar-refractivity contribution in [1.82, 2.24) is 132 Å². The Labute approximate surface area is 679 Å². The topological polar surface area (TPSA) is 474 Å². The van der Waals surface area contributed by atoms with Gasteiger partial charge in [0.15, 0.2) is 11.6 Å². The highest BCUT2D eigenvalue weighted by molar-refractivity contribution is 6.35. The van der Waals surface area contributed by atoms with Gasteiger partial charge >= 0.3 is 11.5 Å². The second kappa shape index (κ2) is 34.6. The molecule has 0 saturated heterocycles. The molecule has 0 bridgehead atoms. The Morgan fingerprint density at radius 3 is 1.09 bits per heavy atom. The molecule has 2 unspecified atom stereocenters. The fraction of sp³-hybridized carbons (Fsp3) is 0.234. The number of aliphatic hydroxyl groups is 1. The van der Waals surface area contributed by atoms with Crippen LogP contribution in [0.2, 0.25) is 25.1 Å². The maximum atomic E-state index is 12.2. The van der Waals surface area contributed by atoms with Crippen molar-refractivity contribution in [3.63, 3.8) is 0 Å². The molecule has 6 N–H and O–H groups in total. The number of carbonyl (C=O) groups excluding carboxylic acids is 2. The highest BCUT2D eigenvalue weighted by Crippen LogP contribution is 2.46. The lowest BCUT2D eigenvalue weighted by atomic mass is 10.0. The van der Waals surface area contributed by atoms with E-state index in [0.29, 0.717) is 118 Å². The van der Waals surface area contributed by atoms with Crippen LogP contribution in [0.3, 0.4) is 0 Å². The molecule has 10 heterocycles. The van der Waals surface area contributed by atoms with Gasteiger partial charge in [-0.15, -0.1) is 30.6 Å². The molecule has 39 heteroatoms. The SMILES string of the molecule is CC(OC1CC1)c1ccc(-c2cc(-c3noc(=O)[nH]3)ncn2)cc1Cl.Clc1cc(-c2cc(-c3nn[nH]n3)ncn2)ccc1C1CC1.O=C(c1ccc(-c2cc(-c3nn[nH]n3)ncn2)cc1Cl)C1CC1.O=C(c1ccc(-c2cc(-c3noc(=O)[nH]3)ncn2)cc1Cl)C1CC1.OC(c1ccc(-c2cc(-c3nn[nH]n3)ncn2)cc1Cl)C1CC1. The molecule has 5 saturated carbocycles. The first-order chi connectivity index (χ1) is 56.5. The summed E-state index contributed by atoms with van der Waals surface area (Å²) in [6, 6.07) is 36.7. The highest BCUT2D eigenvalue weighted by Gasteiger charge is 2.35. The summed E-state index contributed by atoms with van der Waals surface area (Å²) in [4.78, 5) is 93.2. The van der Waals surface area contributed by atoms with Gasteiger partial charge in [-0.3, -0.25) is 28.6 Å². The molecule has 0 aliphatic heterocycles. The predicted octanol–water partition coefficient (Wildman–Crippen LogP) is 14.0. The largest absolute Gasteiger partial charge is 0.439 e. The van der Waals surface area contributed by atoms with Crippen LogP contribution >= 0.6 is 58.0 Å². The number of hydrogen-bond donors (Lipinski definition) is 6. The van der Waals surface area contributed by atoms with Gasteiger partial charge in [-0.25, -0.2) is 59.4 Å². The summed E-state index contributed by atoms with van der Waals surface area (Å²) in [5.74, 6) is 1.85. The Morgan fingerprint density at radius 2 is 0.767 bits per heavy atom. The van der Waals surface area contributed by atoms with Crippen LogP contribution in [0, 0.1) is 17.8 Å². The lowest BCUT2D eigenvalue weighted by Gasteiger charge is -2.15. The Morgan fingerprint density at radius 1 is 0.414 bits per heavy atom. The molecular formula is C77H61Cl5N26O8. The number of H-pyrrole nitrogens is 5. The van der Waals surface area contributed by atoms with E-state index in [1.165, 1.54) is 50.0 Å². The number of aromatic amines is 5. The first-order valence-electron chi connectivity index (χ1n) is 36.3. The zero-order chi connectivity index (χ0) is 79.9. The van der Waals surface area contributed by atoms with Gasteiger partial charge in [-0.05, 0) is 188 Å². The molecule has 0 spiro atoms. The maximum Gasteiger partial charge on any atom is 0.439 e. The van der Waals surface area contributed by atoms with Gasteiger partial charge in [0, 0.05) is 65.8 Å². The number of ether oxygens (including phenoxy) is 1. The standard InChI is InChI=1S/C17H15ClN4O3.C16H11ClN4O3.C15H13ClN6O.C15H11ClN6O.C14H11ClN6/c1-9(24-11-3-4-11)12-5-2-10(6-13(12)18)14-7-15(20-8-19-14)16-21-17(23)25-22-16;17-11-5-9(3-4-10(11)14(22)8-1-2-8)12-6-13(19-7-18-12)15-20-16(23)24-21-15;2*16-11-5-9(3-4-10(11)14(23)8-1-2-8)12-6-13(18-7-17-12)15-19-21-22-20-15;15-11-5-9(3-4-10(11)8-1-2-8)12-6-13(17-7-16-12)14-18-20-21-19-14/h2,5-9,11H,3-4H2,1H3,(H,21,22,23);3-8H,1-2H2,(H,20,21,23);3-8,14,23H,1-2H2,(H,19,20,21,22);3-8H,1-2H2,(H,19,20,21,22);3-8H,1-2H2,(H,18,19,20,21). The third-order valence-electron chi connectivity index (χ3n) is 19.0. The van der Waals surface area contributed by atoms with Crippen molar-refractivity contribution in [2.45, 2.75) is 95.4 Å². The van der Waals surface area contributed by atoms with Crippen molar-refractivity contribution in [3.05, 3.63) is 227 Å². The number of aliphatic hydroxyl groups excluding tert-OH is 1. The first kappa shape index (κ1) is 77.2. The van der Waals surface area contributed by atoms with Crippen LogP contribution in [0.25, 0.3) is 114 Å². The van der Waals surface area contributed by atoms with Gasteiger partial charge in [0.2, 0.25) is 29.1 Å². The van der Waals surface area contributed by atoms with Crippen LogP contribution in [0.15, 0.2) is 172 Å². The molecule has 34 nitrogen and oxygen atoms in total. The summed E-state index contributed by atoms with van der Waals surface area (Å²) in [6.45, 7) is 2.00. The van der Waals surface area contributed by atoms with Gasteiger partial charge in [-0.1, -0.05) is 117 Å². The molecule has 0 radical (unpaired) electrons. The third-order valence-corrected chi connectivity index (χ3v) is 20.6. The lowest BCUT2D eigenvalue weighted by molar-refractivity contribution is 0.0520. The van der Waals surface area contributed by atoms with E-state index in [4.69, 9.17) is 62.7 Å². The quantitative estimate of drug-likeness (QED) is 0.0386. The van der Waals surface area contributed by atoms with Crippen molar-refractivity contribution in [1.29, 1.82) is 0 Å². The normalized spacial score (nSPS) is 14.6. The van der Waals surface area contributed by atoms with E-state index in [2.05, 4.69) is 147 Å². The molecule has 15 aromatic rings. The summed E-state index contributed by atoms with van der Waals surface area (Å²) in [5, 5.41) is 61.5. The van der Waals surface area contributed by atoms with Crippen molar-refractivity contribution in [2.24, 2.45) is 17.8 Å². The Balaban J connectivity index is 0.000000109. The number of rotatable bonds is 20. The molecule has 5 aliphatic carbocycles. The zero-order valence-corrected chi connectivity index (χ0v) is 64.4. The molecule has 10 aromatic heterocycles. The van der Waals surface area contributed by atoms with E-state index in [1.807, 2.05) is 67.6 Å². The maximum absolute atomic E-state index is 12.2. The molecular weight excluding hydrogens is 1590 g/mol. The van der Waals surface area contributed by atoms with Crippen molar-refractivity contribution >= 4 is 69.6 Å². The number of aromatic nitrogens is 26. The van der Waals surface area contributed by atoms with Crippen LogP contribution in [-0.2, 0) is 4.74 Å². The minimum atomic E-state index is -0.656. The molecule has 5 aromatic carbocycles. The lowest BCUT2D eigenvalue weighted by Crippen LogP contribution is -2.02. The summed E-state index contributed by atoms with van der Waals surface area (Å²) in [5.41, 5.74) is 14.3. The smallest absolute Gasteiger partial charge is 0.388 e. The van der Waals surface area contributed by atoms with E-state index < -0.39 is 17.6 Å². The average molecular weight is 1660 g/mol. The van der Waals surface area contributed by atoms with Crippen LogP contribution < -0.4 is 11.5 Å². The number of tetrazole rings is 3. The molecule has 5 fully saturated rings. The first-order valence-corrected chi connectivity index (χ1v) is 38.2. The molecule has 0 amide bonds. The average Bonchev–Trinajstić information content (AvgIpc) is 1.46. The van der Waals surface area contributed by atoms with Gasteiger partial charge in [0.05, 0.1) is 56.8 Å². The Bertz CT molecular complexity index is 6170. The Hall–Kier alpha value is -12.7. The summed E-state index contributed by atoms with van der Waals surface area (Å²) < 4.78 is 14.9.